The summed E-state index contributed by atoms with van der Waals surface area (Å²) in [5.41, 5.74) is 1.16. The van der Waals surface area contributed by atoms with Gasteiger partial charge in [0.1, 0.15) is 5.75 Å². The van der Waals surface area contributed by atoms with E-state index in [-0.39, 0.29) is 18.4 Å². The minimum absolute atomic E-state index is 0.0150. The molecule has 3 rings (SSSR count). The second-order valence-electron chi connectivity index (χ2n) is 6.56. The summed E-state index contributed by atoms with van der Waals surface area (Å²) in [7, 11) is 0. The molecule has 1 aliphatic heterocycles. The van der Waals surface area contributed by atoms with Crippen LogP contribution in [0.2, 0.25) is 0 Å². The number of aryl methyl sites for hydroxylation is 1. The molecule has 0 radical (unpaired) electrons. The maximum absolute atomic E-state index is 12.3. The van der Waals surface area contributed by atoms with Gasteiger partial charge < -0.3 is 15.0 Å². The first-order valence-electron chi connectivity index (χ1n) is 9.13. The number of piperazine rings is 1. The van der Waals surface area contributed by atoms with Crippen molar-refractivity contribution >= 4 is 23.2 Å². The van der Waals surface area contributed by atoms with Crippen LogP contribution >= 0.6 is 11.3 Å². The summed E-state index contributed by atoms with van der Waals surface area (Å²) >= 11 is 1.44. The number of hydrogen-bond donors (Lipinski definition) is 1. The van der Waals surface area contributed by atoms with E-state index in [1.165, 1.54) is 11.3 Å². The van der Waals surface area contributed by atoms with Crippen LogP contribution in [-0.4, -0.2) is 67.5 Å². The Hall–Kier alpha value is -2.38. The molecule has 0 atom stereocenters. The maximum Gasteiger partial charge on any atom is 0.261 e. The number of nitrogens with zero attached hydrogens (tertiary/aromatic N) is 2. The van der Waals surface area contributed by atoms with E-state index in [0.717, 1.165) is 30.1 Å². The molecule has 2 aromatic rings. The van der Waals surface area contributed by atoms with Gasteiger partial charge in [-0.15, -0.1) is 11.3 Å². The molecule has 2 heterocycles. The van der Waals surface area contributed by atoms with Gasteiger partial charge in [0, 0.05) is 39.3 Å². The average molecular weight is 388 g/mol. The van der Waals surface area contributed by atoms with Crippen LogP contribution in [0.3, 0.4) is 0 Å². The Balaban J connectivity index is 1.32. The Morgan fingerprint density at radius 2 is 1.85 bits per heavy atom. The van der Waals surface area contributed by atoms with Crippen molar-refractivity contribution in [1.82, 2.24) is 15.1 Å². The van der Waals surface area contributed by atoms with Gasteiger partial charge in [0.2, 0.25) is 0 Å². The average Bonchev–Trinajstić information content (AvgIpc) is 3.23. The van der Waals surface area contributed by atoms with Crippen molar-refractivity contribution < 1.29 is 14.3 Å². The van der Waals surface area contributed by atoms with Crippen molar-refractivity contribution in [3.8, 4) is 5.75 Å². The third-order valence-corrected chi connectivity index (χ3v) is 5.44. The molecule has 0 aliphatic carbocycles. The molecule has 27 heavy (non-hydrogen) atoms. The molecular formula is C20H25N3O3S. The third-order valence-electron chi connectivity index (χ3n) is 4.57. The molecule has 0 bridgehead atoms. The van der Waals surface area contributed by atoms with E-state index in [0.29, 0.717) is 25.4 Å². The summed E-state index contributed by atoms with van der Waals surface area (Å²) in [6, 6.07) is 11.4. The first kappa shape index (κ1) is 19.4. The van der Waals surface area contributed by atoms with Crippen LogP contribution in [0.25, 0.3) is 0 Å². The van der Waals surface area contributed by atoms with Crippen molar-refractivity contribution in [3.05, 3.63) is 52.2 Å². The van der Waals surface area contributed by atoms with Gasteiger partial charge in [0.05, 0.1) is 4.88 Å². The van der Waals surface area contributed by atoms with E-state index >= 15 is 0 Å². The molecule has 1 aromatic heterocycles. The largest absolute Gasteiger partial charge is 0.484 e. The second-order valence-corrected chi connectivity index (χ2v) is 7.51. The van der Waals surface area contributed by atoms with Crippen molar-refractivity contribution in [3.63, 3.8) is 0 Å². The van der Waals surface area contributed by atoms with E-state index in [9.17, 15) is 9.59 Å². The molecule has 2 amide bonds. The molecule has 0 spiro atoms. The molecule has 7 heteroatoms. The van der Waals surface area contributed by atoms with Gasteiger partial charge in [-0.1, -0.05) is 23.8 Å². The van der Waals surface area contributed by atoms with Gasteiger partial charge in [0.15, 0.2) is 6.61 Å². The molecule has 6 nitrogen and oxygen atoms in total. The SMILES string of the molecule is Cc1ccc(OCC(=O)N2CCN(CCNC(=O)c3cccs3)CC2)cc1. The second kappa shape index (κ2) is 9.53. The minimum Gasteiger partial charge on any atom is -0.484 e. The summed E-state index contributed by atoms with van der Waals surface area (Å²) in [5.74, 6) is 0.711. The molecule has 1 aromatic carbocycles. The number of rotatable bonds is 7. The summed E-state index contributed by atoms with van der Waals surface area (Å²) in [6.07, 6.45) is 0. The Bertz CT molecular complexity index is 738. The van der Waals surface area contributed by atoms with Crippen molar-refractivity contribution in [2.45, 2.75) is 6.92 Å². The summed E-state index contributed by atoms with van der Waals surface area (Å²) in [5, 5.41) is 4.83. The Morgan fingerprint density at radius 1 is 1.11 bits per heavy atom. The van der Waals surface area contributed by atoms with Crippen LogP contribution in [0.5, 0.6) is 5.75 Å². The fourth-order valence-corrected chi connectivity index (χ4v) is 3.55. The predicted octanol–water partition coefficient (Wildman–Crippen LogP) is 2.01. The number of nitrogens with one attached hydrogen (secondary N) is 1. The number of hydrogen-bond acceptors (Lipinski definition) is 5. The fourth-order valence-electron chi connectivity index (χ4n) is 2.91. The van der Waals surface area contributed by atoms with Gasteiger partial charge in [0.25, 0.3) is 11.8 Å². The van der Waals surface area contributed by atoms with E-state index in [4.69, 9.17) is 4.74 Å². The lowest BCUT2D eigenvalue weighted by atomic mass is 10.2. The normalized spacial score (nSPS) is 14.8. The molecular weight excluding hydrogens is 362 g/mol. The molecule has 1 fully saturated rings. The number of carbonyl (C=O) groups is 2. The standard InChI is InChI=1S/C20H25N3O3S/c1-16-4-6-17(7-5-16)26-15-19(24)23-12-10-22(11-13-23)9-8-21-20(25)18-3-2-14-27-18/h2-7,14H,8-13,15H2,1H3,(H,21,25). The number of thiophene rings is 1. The van der Waals surface area contributed by atoms with Crippen molar-refractivity contribution in [2.75, 3.05) is 45.9 Å². The number of ether oxygens (including phenoxy) is 1. The third kappa shape index (κ3) is 5.80. The highest BCUT2D eigenvalue weighted by Crippen LogP contribution is 2.12. The minimum atomic E-state index is -0.0212. The zero-order valence-electron chi connectivity index (χ0n) is 15.5. The van der Waals surface area contributed by atoms with E-state index in [1.807, 2.05) is 53.6 Å². The number of carbonyl (C=O) groups excluding carboxylic acids is 2. The molecule has 0 saturated carbocycles. The van der Waals surface area contributed by atoms with E-state index in [1.54, 1.807) is 0 Å². The smallest absolute Gasteiger partial charge is 0.261 e. The molecule has 1 aliphatic rings. The Kier molecular flexibility index (Phi) is 6.84. The molecule has 1 saturated heterocycles. The van der Waals surface area contributed by atoms with Crippen molar-refractivity contribution in [2.24, 2.45) is 0 Å². The van der Waals surface area contributed by atoms with Crippen LogP contribution in [-0.2, 0) is 4.79 Å². The highest BCUT2D eigenvalue weighted by atomic mass is 32.1. The topological polar surface area (TPSA) is 61.9 Å². The lowest BCUT2D eigenvalue weighted by Crippen LogP contribution is -2.51. The monoisotopic (exact) mass is 387 g/mol. The van der Waals surface area contributed by atoms with Gasteiger partial charge in [-0.3, -0.25) is 14.5 Å². The Morgan fingerprint density at radius 3 is 2.52 bits per heavy atom. The Labute approximate surface area is 163 Å². The van der Waals surface area contributed by atoms with Crippen LogP contribution in [0.1, 0.15) is 15.2 Å². The molecule has 1 N–H and O–H groups in total. The molecule has 144 valence electrons. The van der Waals surface area contributed by atoms with Gasteiger partial charge in [-0.2, -0.15) is 0 Å². The van der Waals surface area contributed by atoms with Gasteiger partial charge in [-0.05, 0) is 30.5 Å². The zero-order valence-corrected chi connectivity index (χ0v) is 16.3. The summed E-state index contributed by atoms with van der Waals surface area (Å²) in [4.78, 5) is 29.1. The summed E-state index contributed by atoms with van der Waals surface area (Å²) in [6.45, 7) is 6.49. The highest BCUT2D eigenvalue weighted by Gasteiger charge is 2.21. The quantitative estimate of drug-likeness (QED) is 0.790. The maximum atomic E-state index is 12.3. The van der Waals surface area contributed by atoms with Crippen LogP contribution in [0.15, 0.2) is 41.8 Å². The first-order chi connectivity index (χ1) is 13.1. The zero-order chi connectivity index (χ0) is 19.1. The molecule has 0 unspecified atom stereocenters. The fraction of sp³-hybridized carbons (Fsp3) is 0.400. The van der Waals surface area contributed by atoms with E-state index in [2.05, 4.69) is 10.2 Å². The van der Waals surface area contributed by atoms with Crippen LogP contribution in [0.4, 0.5) is 0 Å². The van der Waals surface area contributed by atoms with Crippen LogP contribution < -0.4 is 10.1 Å². The van der Waals surface area contributed by atoms with Crippen molar-refractivity contribution in [1.29, 1.82) is 0 Å². The van der Waals surface area contributed by atoms with E-state index < -0.39 is 0 Å². The van der Waals surface area contributed by atoms with Crippen LogP contribution in [0, 0.1) is 6.92 Å². The number of benzene rings is 1. The van der Waals surface area contributed by atoms with Gasteiger partial charge in [-0.25, -0.2) is 0 Å². The first-order valence-corrected chi connectivity index (χ1v) is 10.0. The lowest BCUT2D eigenvalue weighted by Gasteiger charge is -2.34. The lowest BCUT2D eigenvalue weighted by molar-refractivity contribution is -0.135. The summed E-state index contributed by atoms with van der Waals surface area (Å²) < 4.78 is 5.58. The predicted molar refractivity (Wildman–Crippen MR) is 106 cm³/mol. The highest BCUT2D eigenvalue weighted by molar-refractivity contribution is 7.12. The number of amides is 2. The van der Waals surface area contributed by atoms with Gasteiger partial charge >= 0.3 is 0 Å².